The Labute approximate surface area is 207 Å². The number of fused-ring (bicyclic) bond motifs is 1. The minimum Gasteiger partial charge on any atom is -0.496 e. The molecule has 0 bridgehead atoms. The number of methoxy groups -OCH3 is 4. The van der Waals surface area contributed by atoms with Gasteiger partial charge >= 0.3 is 0 Å². The van der Waals surface area contributed by atoms with Gasteiger partial charge in [-0.2, -0.15) is 0 Å². The summed E-state index contributed by atoms with van der Waals surface area (Å²) < 4.78 is 34.4. The van der Waals surface area contributed by atoms with E-state index in [-0.39, 0.29) is 18.6 Å². The maximum atomic E-state index is 12.6. The molecule has 2 aromatic carbocycles. The molecule has 1 atom stereocenters. The van der Waals surface area contributed by atoms with E-state index in [1.54, 1.807) is 28.4 Å². The van der Waals surface area contributed by atoms with Crippen LogP contribution in [0.2, 0.25) is 0 Å². The molecule has 0 N–H and O–H groups in total. The van der Waals surface area contributed by atoms with E-state index in [4.69, 9.17) is 28.4 Å². The van der Waals surface area contributed by atoms with E-state index in [0.717, 1.165) is 49.9 Å². The number of ether oxygens (including phenoxy) is 6. The fourth-order valence-corrected chi connectivity index (χ4v) is 4.72. The zero-order valence-electron chi connectivity index (χ0n) is 21.2. The van der Waals surface area contributed by atoms with Gasteiger partial charge in [-0.1, -0.05) is 6.92 Å². The Balaban J connectivity index is 1.52. The van der Waals surface area contributed by atoms with Crippen molar-refractivity contribution in [1.82, 2.24) is 4.90 Å². The summed E-state index contributed by atoms with van der Waals surface area (Å²) >= 11 is 0. The van der Waals surface area contributed by atoms with E-state index in [1.807, 2.05) is 29.2 Å². The molecule has 8 heteroatoms. The van der Waals surface area contributed by atoms with Crippen molar-refractivity contribution in [3.05, 3.63) is 35.4 Å². The molecule has 0 aromatic heterocycles. The number of nitrogens with zero attached hydrogens (tertiary/aromatic N) is 1. The van der Waals surface area contributed by atoms with E-state index in [2.05, 4.69) is 6.92 Å². The average molecular weight is 486 g/mol. The van der Waals surface area contributed by atoms with Crippen molar-refractivity contribution in [3.63, 3.8) is 0 Å². The second-order valence-corrected chi connectivity index (χ2v) is 9.06. The summed E-state index contributed by atoms with van der Waals surface area (Å²) in [7, 11) is 6.40. The highest BCUT2D eigenvalue weighted by molar-refractivity contribution is 5.78. The zero-order chi connectivity index (χ0) is 24.9. The summed E-state index contributed by atoms with van der Waals surface area (Å²) in [5, 5.41) is 0. The number of piperidine rings is 1. The number of amides is 1. The van der Waals surface area contributed by atoms with E-state index in [9.17, 15) is 4.79 Å². The van der Waals surface area contributed by atoms with Crippen LogP contribution in [0.5, 0.6) is 34.5 Å². The summed E-state index contributed by atoms with van der Waals surface area (Å²) in [4.78, 5) is 14.5. The number of carbonyl (C=O) groups excluding carboxylic acids is 1. The van der Waals surface area contributed by atoms with Crippen molar-refractivity contribution in [3.8, 4) is 34.5 Å². The standard InChI is InChI=1S/C27H35NO7/c1-17-8-10-28(11-9-17)26(29)16-34-19-14-22(30-2)20-6-7-21(35-23(20)15-19)18-12-24(31-3)27(33-5)25(13-18)32-4/h12-15,17,21H,6-11,16H2,1-5H3. The monoisotopic (exact) mass is 485 g/mol. The van der Waals surface area contributed by atoms with Crippen LogP contribution in [0.1, 0.15) is 43.4 Å². The minimum atomic E-state index is -0.215. The predicted molar refractivity (Wildman–Crippen MR) is 131 cm³/mol. The number of hydrogen-bond acceptors (Lipinski definition) is 7. The molecule has 2 aliphatic rings. The number of rotatable bonds is 8. The van der Waals surface area contributed by atoms with Gasteiger partial charge in [0.25, 0.3) is 5.91 Å². The Morgan fingerprint density at radius 1 is 0.914 bits per heavy atom. The normalized spacial score (nSPS) is 17.7. The van der Waals surface area contributed by atoms with Crippen LogP contribution < -0.4 is 28.4 Å². The molecule has 1 saturated heterocycles. The Morgan fingerprint density at radius 3 is 2.17 bits per heavy atom. The molecule has 2 heterocycles. The molecule has 2 aliphatic heterocycles. The highest BCUT2D eigenvalue weighted by Crippen LogP contribution is 2.45. The van der Waals surface area contributed by atoms with Crippen molar-refractivity contribution < 1.29 is 33.2 Å². The molecule has 1 amide bonds. The van der Waals surface area contributed by atoms with Gasteiger partial charge in [-0.05, 0) is 49.3 Å². The largest absolute Gasteiger partial charge is 0.496 e. The minimum absolute atomic E-state index is 0.00445. The third-order valence-electron chi connectivity index (χ3n) is 6.84. The lowest BCUT2D eigenvalue weighted by atomic mass is 9.96. The van der Waals surface area contributed by atoms with Gasteiger partial charge in [0.15, 0.2) is 18.1 Å². The summed E-state index contributed by atoms with van der Waals surface area (Å²) in [6.45, 7) is 3.79. The first-order valence-electron chi connectivity index (χ1n) is 12.0. The van der Waals surface area contributed by atoms with Crippen molar-refractivity contribution in [2.24, 2.45) is 5.92 Å². The summed E-state index contributed by atoms with van der Waals surface area (Å²) in [6, 6.07) is 7.49. The maximum Gasteiger partial charge on any atom is 0.260 e. The van der Waals surface area contributed by atoms with Crippen LogP contribution in [0.4, 0.5) is 0 Å². The molecule has 0 radical (unpaired) electrons. The Kier molecular flexibility index (Phi) is 7.78. The van der Waals surface area contributed by atoms with Crippen molar-refractivity contribution in [2.45, 2.75) is 38.7 Å². The van der Waals surface area contributed by atoms with Gasteiger partial charge in [0.1, 0.15) is 23.4 Å². The molecular formula is C27H35NO7. The molecule has 2 aromatic rings. The van der Waals surface area contributed by atoms with Crippen LogP contribution in [0, 0.1) is 5.92 Å². The lowest BCUT2D eigenvalue weighted by Gasteiger charge is -2.30. The molecule has 0 saturated carbocycles. The van der Waals surface area contributed by atoms with Gasteiger partial charge in [0, 0.05) is 30.8 Å². The molecule has 35 heavy (non-hydrogen) atoms. The highest BCUT2D eigenvalue weighted by Gasteiger charge is 2.28. The lowest BCUT2D eigenvalue weighted by molar-refractivity contribution is -0.134. The molecule has 4 rings (SSSR count). The third-order valence-corrected chi connectivity index (χ3v) is 6.84. The van der Waals surface area contributed by atoms with Crippen LogP contribution in [-0.2, 0) is 11.2 Å². The lowest BCUT2D eigenvalue weighted by Crippen LogP contribution is -2.40. The SMILES string of the molecule is COc1cc(OCC(=O)N2CCC(C)CC2)cc2c1CCC(c1cc(OC)c(OC)c(OC)c1)O2. The Morgan fingerprint density at radius 2 is 1.57 bits per heavy atom. The number of benzene rings is 2. The molecule has 1 unspecified atom stereocenters. The molecular weight excluding hydrogens is 450 g/mol. The summed E-state index contributed by atoms with van der Waals surface area (Å²) in [5.41, 5.74) is 1.91. The van der Waals surface area contributed by atoms with Crippen LogP contribution in [0.25, 0.3) is 0 Å². The van der Waals surface area contributed by atoms with Crippen LogP contribution in [-0.4, -0.2) is 58.9 Å². The Bertz CT molecular complexity index is 1020. The van der Waals surface area contributed by atoms with Gasteiger partial charge in [0.05, 0.1) is 28.4 Å². The number of likely N-dealkylation sites (tertiary alicyclic amines) is 1. The molecule has 190 valence electrons. The predicted octanol–water partition coefficient (Wildman–Crippen LogP) is 4.42. The van der Waals surface area contributed by atoms with Gasteiger partial charge in [0.2, 0.25) is 5.75 Å². The first-order valence-corrected chi connectivity index (χ1v) is 12.0. The fraction of sp³-hybridized carbons (Fsp3) is 0.519. The van der Waals surface area contributed by atoms with Crippen molar-refractivity contribution in [2.75, 3.05) is 48.1 Å². The van der Waals surface area contributed by atoms with Crippen molar-refractivity contribution in [1.29, 1.82) is 0 Å². The topological polar surface area (TPSA) is 75.7 Å². The van der Waals surface area contributed by atoms with E-state index in [1.165, 1.54) is 0 Å². The number of carbonyl (C=O) groups is 1. The summed E-state index contributed by atoms with van der Waals surface area (Å²) in [5.74, 6) is 4.30. The third kappa shape index (κ3) is 5.36. The van der Waals surface area contributed by atoms with Crippen LogP contribution >= 0.6 is 0 Å². The highest BCUT2D eigenvalue weighted by atomic mass is 16.5. The van der Waals surface area contributed by atoms with E-state index in [0.29, 0.717) is 40.4 Å². The van der Waals surface area contributed by atoms with Crippen LogP contribution in [0.3, 0.4) is 0 Å². The quantitative estimate of drug-likeness (QED) is 0.548. The second kappa shape index (κ2) is 11.0. The molecule has 1 fully saturated rings. The summed E-state index contributed by atoms with van der Waals surface area (Å²) in [6.07, 6.45) is 3.38. The molecule has 0 aliphatic carbocycles. The van der Waals surface area contributed by atoms with Gasteiger partial charge < -0.3 is 33.3 Å². The second-order valence-electron chi connectivity index (χ2n) is 9.06. The van der Waals surface area contributed by atoms with Gasteiger partial charge in [-0.15, -0.1) is 0 Å². The van der Waals surface area contributed by atoms with E-state index < -0.39 is 0 Å². The van der Waals surface area contributed by atoms with Crippen molar-refractivity contribution >= 4 is 5.91 Å². The van der Waals surface area contributed by atoms with E-state index >= 15 is 0 Å². The number of hydrogen-bond donors (Lipinski definition) is 0. The average Bonchev–Trinajstić information content (AvgIpc) is 2.90. The zero-order valence-corrected chi connectivity index (χ0v) is 21.2. The smallest absolute Gasteiger partial charge is 0.260 e. The first kappa shape index (κ1) is 24.8. The first-order chi connectivity index (χ1) is 17.0. The maximum absolute atomic E-state index is 12.6. The van der Waals surface area contributed by atoms with Crippen LogP contribution in [0.15, 0.2) is 24.3 Å². The molecule has 0 spiro atoms. The van der Waals surface area contributed by atoms with Gasteiger partial charge in [-0.3, -0.25) is 4.79 Å². The molecule has 8 nitrogen and oxygen atoms in total. The Hall–Kier alpha value is -3.29. The fourth-order valence-electron chi connectivity index (χ4n) is 4.72. The van der Waals surface area contributed by atoms with Gasteiger partial charge in [-0.25, -0.2) is 0 Å².